The molecule has 18 heavy (non-hydrogen) atoms. The fourth-order valence-corrected chi connectivity index (χ4v) is 1.16. The Bertz CT molecular complexity index is 399. The van der Waals surface area contributed by atoms with Gasteiger partial charge in [-0.05, 0) is 32.9 Å². The Morgan fingerprint density at radius 3 is 1.94 bits per heavy atom. The second-order valence-electron chi connectivity index (χ2n) is 4.65. The predicted molar refractivity (Wildman–Crippen MR) is 58.4 cm³/mol. The normalized spacial score (nSPS) is 12.7. The summed E-state index contributed by atoms with van der Waals surface area (Å²) in [5.74, 6) is -0.105. The van der Waals surface area contributed by atoms with Gasteiger partial charge in [0.1, 0.15) is 17.1 Å². The summed E-state index contributed by atoms with van der Waals surface area (Å²) in [6.45, 7) is 5.32. The van der Waals surface area contributed by atoms with Gasteiger partial charge in [0.2, 0.25) is 0 Å². The van der Waals surface area contributed by atoms with E-state index in [0.717, 1.165) is 12.1 Å². The highest BCUT2D eigenvalue weighted by molar-refractivity contribution is 5.33. The minimum atomic E-state index is -4.51. The smallest absolute Gasteiger partial charge is 0.461 e. The highest BCUT2D eigenvalue weighted by atomic mass is 19.3. The van der Waals surface area contributed by atoms with E-state index < -0.39 is 18.1 Å². The fraction of sp³-hybridized carbons (Fsp3) is 0.500. The molecule has 0 saturated heterocycles. The lowest BCUT2D eigenvalue weighted by molar-refractivity contribution is -0.253. The third-order valence-corrected chi connectivity index (χ3v) is 1.74. The van der Waals surface area contributed by atoms with Gasteiger partial charge in [-0.2, -0.15) is 17.6 Å². The molecular formula is C12H14F4O2. The maximum atomic E-state index is 12.7. The zero-order chi connectivity index (χ0) is 14.0. The van der Waals surface area contributed by atoms with Gasteiger partial charge in [0.25, 0.3) is 0 Å². The molecule has 0 aliphatic rings. The lowest BCUT2D eigenvalue weighted by Crippen LogP contribution is -2.33. The monoisotopic (exact) mass is 266 g/mol. The van der Waals surface area contributed by atoms with Gasteiger partial charge >= 0.3 is 12.5 Å². The van der Waals surface area contributed by atoms with Crippen molar-refractivity contribution in [2.75, 3.05) is 0 Å². The Kier molecular flexibility index (Phi) is 4.09. The van der Waals surface area contributed by atoms with Crippen molar-refractivity contribution in [3.63, 3.8) is 0 Å². The average Bonchev–Trinajstić information content (AvgIpc) is 2.13. The maximum Gasteiger partial charge on any atom is 0.461 e. The minimum absolute atomic E-state index is 0.269. The lowest BCUT2D eigenvalue weighted by atomic mass is 10.2. The predicted octanol–water partition coefficient (Wildman–Crippen LogP) is 4.10. The zero-order valence-corrected chi connectivity index (χ0v) is 10.2. The molecule has 0 aliphatic carbocycles. The van der Waals surface area contributed by atoms with E-state index in [1.807, 2.05) is 0 Å². The molecule has 1 aromatic rings. The first-order valence-corrected chi connectivity index (χ1v) is 5.24. The van der Waals surface area contributed by atoms with Crippen LogP contribution >= 0.6 is 0 Å². The van der Waals surface area contributed by atoms with E-state index in [9.17, 15) is 17.6 Å². The number of benzene rings is 1. The van der Waals surface area contributed by atoms with Gasteiger partial charge in [-0.15, -0.1) is 0 Å². The third-order valence-electron chi connectivity index (χ3n) is 1.74. The summed E-state index contributed by atoms with van der Waals surface area (Å²) in [5, 5.41) is 0. The lowest BCUT2D eigenvalue weighted by Gasteiger charge is -2.22. The van der Waals surface area contributed by atoms with Gasteiger partial charge in [-0.3, -0.25) is 0 Å². The minimum Gasteiger partial charge on any atom is -0.488 e. The number of hydrogen-bond donors (Lipinski definition) is 0. The van der Waals surface area contributed by atoms with E-state index in [-0.39, 0.29) is 11.5 Å². The maximum absolute atomic E-state index is 12.7. The molecule has 0 N–H and O–H groups in total. The van der Waals surface area contributed by atoms with E-state index in [0.29, 0.717) is 0 Å². The standard InChI is InChI=1S/C12H14F4O2/c1-11(2,3)17-8-5-4-6-9(7-8)18-12(15,16)10(13)14/h4-7,10H,1-3H3. The molecule has 0 saturated carbocycles. The molecule has 2 nitrogen and oxygen atoms in total. The Balaban J connectivity index is 2.83. The van der Waals surface area contributed by atoms with Gasteiger partial charge in [-0.1, -0.05) is 6.07 Å². The molecular weight excluding hydrogens is 252 g/mol. The van der Waals surface area contributed by atoms with Crippen molar-refractivity contribution in [1.82, 2.24) is 0 Å². The molecule has 0 spiro atoms. The van der Waals surface area contributed by atoms with E-state index in [4.69, 9.17) is 4.74 Å². The first-order valence-electron chi connectivity index (χ1n) is 5.24. The second-order valence-corrected chi connectivity index (χ2v) is 4.65. The van der Waals surface area contributed by atoms with Crippen LogP contribution in [-0.2, 0) is 0 Å². The van der Waals surface area contributed by atoms with Crippen LogP contribution in [0.15, 0.2) is 24.3 Å². The van der Waals surface area contributed by atoms with Gasteiger partial charge in [0, 0.05) is 6.07 Å². The summed E-state index contributed by atoms with van der Waals surface area (Å²) >= 11 is 0. The molecule has 1 aromatic carbocycles. The molecule has 0 aliphatic heterocycles. The van der Waals surface area contributed by atoms with Crippen LogP contribution in [0.25, 0.3) is 0 Å². The molecule has 1 rings (SSSR count). The topological polar surface area (TPSA) is 18.5 Å². The highest BCUT2D eigenvalue weighted by Gasteiger charge is 2.44. The molecule has 0 fully saturated rings. The van der Waals surface area contributed by atoms with Gasteiger partial charge < -0.3 is 9.47 Å². The number of rotatable bonds is 4. The fourth-order valence-electron chi connectivity index (χ4n) is 1.16. The van der Waals surface area contributed by atoms with Crippen molar-refractivity contribution < 1.29 is 27.0 Å². The van der Waals surface area contributed by atoms with Crippen LogP contribution in [-0.4, -0.2) is 18.1 Å². The largest absolute Gasteiger partial charge is 0.488 e. The number of halogens is 4. The Morgan fingerprint density at radius 1 is 1.00 bits per heavy atom. The summed E-state index contributed by atoms with van der Waals surface area (Å²) in [6, 6.07) is 5.21. The zero-order valence-electron chi connectivity index (χ0n) is 10.2. The van der Waals surface area contributed by atoms with E-state index in [2.05, 4.69) is 4.74 Å². The van der Waals surface area contributed by atoms with Gasteiger partial charge in [-0.25, -0.2) is 0 Å². The van der Waals surface area contributed by atoms with Crippen LogP contribution in [0.2, 0.25) is 0 Å². The molecule has 6 heteroatoms. The molecule has 0 radical (unpaired) electrons. The Hall–Kier alpha value is -1.46. The van der Waals surface area contributed by atoms with Crippen molar-refractivity contribution in [3.05, 3.63) is 24.3 Å². The van der Waals surface area contributed by atoms with Crippen molar-refractivity contribution >= 4 is 0 Å². The van der Waals surface area contributed by atoms with Gasteiger partial charge in [0.15, 0.2) is 0 Å². The first kappa shape index (κ1) is 14.6. The summed E-state index contributed by atoms with van der Waals surface area (Å²) < 4.78 is 58.7. The summed E-state index contributed by atoms with van der Waals surface area (Å²) in [6.07, 6.45) is -8.40. The number of hydrogen-bond acceptors (Lipinski definition) is 2. The highest BCUT2D eigenvalue weighted by Crippen LogP contribution is 2.30. The molecule has 102 valence electrons. The first-order chi connectivity index (χ1) is 8.10. The van der Waals surface area contributed by atoms with E-state index in [1.165, 1.54) is 12.1 Å². The molecule has 0 aromatic heterocycles. The number of alkyl halides is 4. The van der Waals surface area contributed by atoms with Crippen molar-refractivity contribution in [3.8, 4) is 11.5 Å². The average molecular weight is 266 g/mol. The number of ether oxygens (including phenoxy) is 2. The Labute approximate surface area is 103 Å². The third kappa shape index (κ3) is 4.43. The molecule has 0 bridgehead atoms. The van der Waals surface area contributed by atoms with Crippen LogP contribution in [0.1, 0.15) is 20.8 Å². The van der Waals surface area contributed by atoms with Crippen LogP contribution in [0.5, 0.6) is 11.5 Å². The molecule has 0 atom stereocenters. The summed E-state index contributed by atoms with van der Waals surface area (Å²) in [7, 11) is 0. The van der Waals surface area contributed by atoms with Crippen LogP contribution in [0.3, 0.4) is 0 Å². The van der Waals surface area contributed by atoms with Crippen molar-refractivity contribution in [1.29, 1.82) is 0 Å². The molecule has 0 heterocycles. The quantitative estimate of drug-likeness (QED) is 0.764. The second kappa shape index (κ2) is 5.04. The summed E-state index contributed by atoms with van der Waals surface area (Å²) in [4.78, 5) is 0. The summed E-state index contributed by atoms with van der Waals surface area (Å²) in [5.41, 5.74) is -0.524. The van der Waals surface area contributed by atoms with Crippen LogP contribution in [0, 0.1) is 0 Å². The van der Waals surface area contributed by atoms with Crippen LogP contribution < -0.4 is 9.47 Å². The SMILES string of the molecule is CC(C)(C)Oc1cccc(OC(F)(F)C(F)F)c1. The van der Waals surface area contributed by atoms with E-state index >= 15 is 0 Å². The van der Waals surface area contributed by atoms with E-state index in [1.54, 1.807) is 20.8 Å². The molecule has 0 unspecified atom stereocenters. The van der Waals surface area contributed by atoms with Gasteiger partial charge in [0.05, 0.1) is 0 Å². The van der Waals surface area contributed by atoms with Crippen molar-refractivity contribution in [2.24, 2.45) is 0 Å². The van der Waals surface area contributed by atoms with Crippen LogP contribution in [0.4, 0.5) is 17.6 Å². The Morgan fingerprint density at radius 2 is 1.50 bits per heavy atom. The molecule has 0 amide bonds. The van der Waals surface area contributed by atoms with Crippen molar-refractivity contribution in [2.45, 2.75) is 38.9 Å².